The van der Waals surface area contributed by atoms with Gasteiger partial charge in [0.25, 0.3) is 0 Å². The summed E-state index contributed by atoms with van der Waals surface area (Å²) >= 11 is 6.97. The molecular formula is C21H24N4O2S2. The van der Waals surface area contributed by atoms with Crippen LogP contribution in [0.2, 0.25) is 0 Å². The van der Waals surface area contributed by atoms with Gasteiger partial charge in [0.1, 0.15) is 5.00 Å². The Kier molecular flexibility index (Phi) is 6.66. The van der Waals surface area contributed by atoms with E-state index >= 15 is 0 Å². The molecule has 0 aliphatic rings. The highest BCUT2D eigenvalue weighted by atomic mass is 32.1. The molecule has 2 heterocycles. The molecule has 0 saturated carbocycles. The Morgan fingerprint density at radius 1 is 1.34 bits per heavy atom. The molecule has 3 rings (SSSR count). The summed E-state index contributed by atoms with van der Waals surface area (Å²) in [6.45, 7) is 6.88. The van der Waals surface area contributed by atoms with Crippen LogP contribution >= 0.6 is 23.6 Å². The number of anilines is 1. The lowest BCUT2D eigenvalue weighted by atomic mass is 10.1. The highest BCUT2D eigenvalue weighted by Crippen LogP contribution is 2.36. The van der Waals surface area contributed by atoms with Crippen LogP contribution in [0.3, 0.4) is 0 Å². The van der Waals surface area contributed by atoms with E-state index in [1.165, 1.54) is 18.4 Å². The maximum atomic E-state index is 12.3. The van der Waals surface area contributed by atoms with Gasteiger partial charge in [-0.05, 0) is 44.6 Å². The van der Waals surface area contributed by atoms with Gasteiger partial charge in [-0.1, -0.05) is 30.3 Å². The van der Waals surface area contributed by atoms with Gasteiger partial charge in [-0.25, -0.2) is 4.79 Å². The summed E-state index contributed by atoms with van der Waals surface area (Å²) < 4.78 is 6.84. The Morgan fingerprint density at radius 3 is 2.69 bits per heavy atom. The van der Waals surface area contributed by atoms with Gasteiger partial charge in [-0.15, -0.1) is 11.3 Å². The summed E-state index contributed by atoms with van der Waals surface area (Å²) in [7, 11) is 1.37. The molecular weight excluding hydrogens is 404 g/mol. The van der Waals surface area contributed by atoms with Crippen molar-refractivity contribution in [2.24, 2.45) is 0 Å². The minimum atomic E-state index is -0.401. The largest absolute Gasteiger partial charge is 0.465 e. The number of carbonyl (C=O) groups excluding carboxylic acids is 1. The first kappa shape index (κ1) is 21.0. The minimum Gasteiger partial charge on any atom is -0.465 e. The van der Waals surface area contributed by atoms with E-state index in [1.54, 1.807) is 0 Å². The van der Waals surface area contributed by atoms with Crippen molar-refractivity contribution in [3.05, 3.63) is 59.4 Å². The molecule has 8 heteroatoms. The Labute approximate surface area is 179 Å². The molecule has 0 spiro atoms. The second kappa shape index (κ2) is 9.19. The van der Waals surface area contributed by atoms with E-state index in [2.05, 4.69) is 22.7 Å². The van der Waals surface area contributed by atoms with Crippen molar-refractivity contribution in [2.45, 2.75) is 33.4 Å². The van der Waals surface area contributed by atoms with E-state index in [4.69, 9.17) is 17.0 Å². The Balaban J connectivity index is 1.79. The third-order valence-corrected chi connectivity index (χ3v) is 5.86. The maximum Gasteiger partial charge on any atom is 0.340 e. The number of aryl methyl sites for hydroxylation is 2. The number of nitrogens with one attached hydrogen (secondary N) is 2. The molecule has 2 aromatic heterocycles. The van der Waals surface area contributed by atoms with Gasteiger partial charge < -0.3 is 15.4 Å². The molecule has 1 atom stereocenters. The van der Waals surface area contributed by atoms with Gasteiger partial charge in [0.05, 0.1) is 24.4 Å². The van der Waals surface area contributed by atoms with Crippen molar-refractivity contribution >= 4 is 39.6 Å². The molecule has 152 valence electrons. The first-order valence-electron chi connectivity index (χ1n) is 9.32. The Morgan fingerprint density at radius 2 is 2.07 bits per heavy atom. The third-order valence-electron chi connectivity index (χ3n) is 4.55. The number of ether oxygens (including phenoxy) is 1. The zero-order valence-electron chi connectivity index (χ0n) is 16.9. The molecule has 0 aliphatic carbocycles. The fourth-order valence-corrected chi connectivity index (χ4v) is 4.42. The highest BCUT2D eigenvalue weighted by molar-refractivity contribution is 7.80. The Bertz CT molecular complexity index is 1010. The van der Waals surface area contributed by atoms with Crippen molar-refractivity contribution in [3.8, 4) is 10.4 Å². The summed E-state index contributed by atoms with van der Waals surface area (Å²) in [5.74, 6) is -0.401. The average Bonchev–Trinajstić information content (AvgIpc) is 3.31. The molecule has 1 aromatic carbocycles. The van der Waals surface area contributed by atoms with Gasteiger partial charge in [-0.2, -0.15) is 5.10 Å². The number of esters is 1. The zero-order valence-corrected chi connectivity index (χ0v) is 18.5. The minimum absolute atomic E-state index is 0.0227. The number of benzene rings is 1. The van der Waals surface area contributed by atoms with Crippen LogP contribution in [0.1, 0.15) is 41.5 Å². The number of carbonyl (C=O) groups is 1. The molecule has 2 N–H and O–H groups in total. The summed E-state index contributed by atoms with van der Waals surface area (Å²) in [6.07, 6.45) is 2.02. The van der Waals surface area contributed by atoms with E-state index in [-0.39, 0.29) is 6.04 Å². The van der Waals surface area contributed by atoms with Crippen LogP contribution < -0.4 is 10.6 Å². The van der Waals surface area contributed by atoms with Crippen LogP contribution in [0.25, 0.3) is 10.4 Å². The Hall–Kier alpha value is -2.71. The normalized spacial score (nSPS) is 11.7. The predicted octanol–water partition coefficient (Wildman–Crippen LogP) is 4.77. The van der Waals surface area contributed by atoms with Gasteiger partial charge in [-0.3, -0.25) is 4.68 Å². The number of methoxy groups -OCH3 is 1. The number of hydrogen-bond donors (Lipinski definition) is 2. The topological polar surface area (TPSA) is 68.2 Å². The number of aromatic nitrogens is 2. The number of hydrogen-bond acceptors (Lipinski definition) is 5. The monoisotopic (exact) mass is 428 g/mol. The maximum absolute atomic E-state index is 12.3. The zero-order chi connectivity index (χ0) is 21.0. The summed E-state index contributed by atoms with van der Waals surface area (Å²) in [4.78, 5) is 13.2. The second-order valence-electron chi connectivity index (χ2n) is 6.56. The fourth-order valence-electron chi connectivity index (χ4n) is 3.02. The first-order chi connectivity index (χ1) is 13.9. The van der Waals surface area contributed by atoms with Crippen LogP contribution in [-0.4, -0.2) is 28.0 Å². The van der Waals surface area contributed by atoms with Crippen molar-refractivity contribution in [1.29, 1.82) is 0 Å². The lowest BCUT2D eigenvalue weighted by Gasteiger charge is -2.16. The standard InChI is InChI=1S/C21H24N4O2S2/c1-5-25-12-17(14(3)24-25)13(2)22-21(28)23-19-16(20(26)27-4)11-18(29-19)15-9-7-6-8-10-15/h6-13H,5H2,1-4H3,(H2,22,23,28)/t13-/m1/s1. The fraction of sp³-hybridized carbons (Fsp3) is 0.286. The predicted molar refractivity (Wildman–Crippen MR) is 122 cm³/mol. The van der Waals surface area contributed by atoms with Crippen LogP contribution in [0.5, 0.6) is 0 Å². The van der Waals surface area contributed by atoms with E-state index in [0.717, 1.165) is 28.2 Å². The van der Waals surface area contributed by atoms with Crippen molar-refractivity contribution in [2.75, 3.05) is 12.4 Å². The molecule has 29 heavy (non-hydrogen) atoms. The smallest absolute Gasteiger partial charge is 0.340 e. The number of thiophene rings is 1. The van der Waals surface area contributed by atoms with Crippen molar-refractivity contribution < 1.29 is 9.53 Å². The van der Waals surface area contributed by atoms with Gasteiger partial charge in [0.15, 0.2) is 5.11 Å². The highest BCUT2D eigenvalue weighted by Gasteiger charge is 2.20. The summed E-state index contributed by atoms with van der Waals surface area (Å²) in [5.41, 5.74) is 3.54. The third kappa shape index (κ3) is 4.83. The lowest BCUT2D eigenvalue weighted by molar-refractivity contribution is 0.0602. The first-order valence-corrected chi connectivity index (χ1v) is 10.5. The number of rotatable bonds is 6. The molecule has 0 amide bonds. The summed E-state index contributed by atoms with van der Waals surface area (Å²) in [6, 6.07) is 11.7. The van der Waals surface area contributed by atoms with Gasteiger partial charge in [0.2, 0.25) is 0 Å². The SMILES string of the molecule is CCn1cc([C@@H](C)NC(=S)Nc2sc(-c3ccccc3)cc2C(=O)OC)c(C)n1. The molecule has 0 radical (unpaired) electrons. The molecule has 6 nitrogen and oxygen atoms in total. The van der Waals surface area contributed by atoms with Gasteiger partial charge in [0, 0.05) is 23.2 Å². The van der Waals surface area contributed by atoms with E-state index in [9.17, 15) is 4.79 Å². The van der Waals surface area contributed by atoms with E-state index in [1.807, 2.05) is 61.1 Å². The van der Waals surface area contributed by atoms with Crippen LogP contribution in [0.15, 0.2) is 42.6 Å². The average molecular weight is 429 g/mol. The molecule has 0 aliphatic heterocycles. The van der Waals surface area contributed by atoms with Gasteiger partial charge >= 0.3 is 5.97 Å². The van der Waals surface area contributed by atoms with Crippen LogP contribution in [0, 0.1) is 6.92 Å². The summed E-state index contributed by atoms with van der Waals surface area (Å²) in [5, 5.41) is 12.0. The molecule has 0 saturated heterocycles. The second-order valence-corrected chi connectivity index (χ2v) is 8.02. The lowest BCUT2D eigenvalue weighted by Crippen LogP contribution is -2.31. The molecule has 0 unspecified atom stereocenters. The number of thiocarbonyl (C=S) groups is 1. The quantitative estimate of drug-likeness (QED) is 0.435. The van der Waals surface area contributed by atoms with Crippen molar-refractivity contribution in [1.82, 2.24) is 15.1 Å². The molecule has 3 aromatic rings. The van der Waals surface area contributed by atoms with Crippen LogP contribution in [0.4, 0.5) is 5.00 Å². The van der Waals surface area contributed by atoms with E-state index in [0.29, 0.717) is 15.7 Å². The van der Waals surface area contributed by atoms with Crippen LogP contribution in [-0.2, 0) is 11.3 Å². The van der Waals surface area contributed by atoms with Crippen molar-refractivity contribution in [3.63, 3.8) is 0 Å². The number of nitrogens with zero attached hydrogens (tertiary/aromatic N) is 2. The molecule has 0 bridgehead atoms. The molecule has 0 fully saturated rings. The van der Waals surface area contributed by atoms with E-state index < -0.39 is 5.97 Å².